The summed E-state index contributed by atoms with van der Waals surface area (Å²) < 4.78 is 5.87. The second-order valence-corrected chi connectivity index (χ2v) is 5.09. The highest BCUT2D eigenvalue weighted by molar-refractivity contribution is 7.15. The van der Waals surface area contributed by atoms with Crippen LogP contribution in [0, 0.1) is 5.92 Å². The number of thiazole rings is 1. The van der Waals surface area contributed by atoms with Gasteiger partial charge in [-0.1, -0.05) is 11.6 Å². The Balaban J connectivity index is 2.03. The lowest BCUT2D eigenvalue weighted by atomic mass is 9.94. The van der Waals surface area contributed by atoms with Gasteiger partial charge in [-0.2, -0.15) is 0 Å². The predicted molar refractivity (Wildman–Crippen MR) is 55.6 cm³/mol. The number of nitrogens with zero attached hydrogens (tertiary/aromatic N) is 1. The molecule has 1 aromatic heterocycles. The molecule has 1 fully saturated rings. The van der Waals surface area contributed by atoms with Crippen molar-refractivity contribution >= 4 is 22.9 Å². The molecule has 2 rings (SSSR count). The zero-order valence-corrected chi connectivity index (χ0v) is 9.22. The molecule has 0 aromatic carbocycles. The molecule has 1 saturated heterocycles. The maximum Gasteiger partial charge on any atom is 0.123 e. The Morgan fingerprint density at radius 2 is 2.29 bits per heavy atom. The van der Waals surface area contributed by atoms with Crippen molar-refractivity contribution < 1.29 is 9.84 Å². The average Bonchev–Trinajstić information content (AvgIpc) is 2.65. The SMILES string of the molecule is OC(c1ncc(Cl)s1)C1CCOCC1. The Bertz CT molecular complexity index is 299. The normalized spacial score (nSPS) is 21.0. The second kappa shape index (κ2) is 4.57. The Morgan fingerprint density at radius 3 is 2.86 bits per heavy atom. The molecule has 0 spiro atoms. The molecule has 1 aromatic rings. The number of hydrogen-bond donors (Lipinski definition) is 1. The van der Waals surface area contributed by atoms with E-state index in [4.69, 9.17) is 16.3 Å². The Hall–Kier alpha value is -0.160. The Labute approximate surface area is 91.7 Å². The van der Waals surface area contributed by atoms with Crippen LogP contribution < -0.4 is 0 Å². The summed E-state index contributed by atoms with van der Waals surface area (Å²) in [7, 11) is 0. The van der Waals surface area contributed by atoms with Gasteiger partial charge in [0, 0.05) is 13.2 Å². The van der Waals surface area contributed by atoms with E-state index in [1.165, 1.54) is 11.3 Å². The first-order valence-electron chi connectivity index (χ1n) is 4.64. The zero-order valence-electron chi connectivity index (χ0n) is 7.65. The minimum atomic E-state index is -0.476. The number of ether oxygens (including phenoxy) is 1. The van der Waals surface area contributed by atoms with Crippen LogP contribution >= 0.6 is 22.9 Å². The van der Waals surface area contributed by atoms with E-state index in [2.05, 4.69) is 4.98 Å². The second-order valence-electron chi connectivity index (χ2n) is 3.40. The summed E-state index contributed by atoms with van der Waals surface area (Å²) >= 11 is 7.12. The van der Waals surface area contributed by atoms with Crippen LogP contribution in [0.1, 0.15) is 24.0 Å². The van der Waals surface area contributed by atoms with Crippen molar-refractivity contribution in [3.8, 4) is 0 Å². The molecule has 78 valence electrons. The van der Waals surface area contributed by atoms with E-state index in [1.54, 1.807) is 6.20 Å². The van der Waals surface area contributed by atoms with Gasteiger partial charge in [-0.15, -0.1) is 11.3 Å². The lowest BCUT2D eigenvalue weighted by Crippen LogP contribution is -2.21. The van der Waals surface area contributed by atoms with Gasteiger partial charge in [0.2, 0.25) is 0 Å². The van der Waals surface area contributed by atoms with Gasteiger partial charge in [0.05, 0.1) is 6.20 Å². The quantitative estimate of drug-likeness (QED) is 0.852. The highest BCUT2D eigenvalue weighted by Gasteiger charge is 2.25. The van der Waals surface area contributed by atoms with Crippen LogP contribution in [0.5, 0.6) is 0 Å². The zero-order chi connectivity index (χ0) is 9.97. The molecule has 14 heavy (non-hydrogen) atoms. The largest absolute Gasteiger partial charge is 0.386 e. The van der Waals surface area contributed by atoms with Gasteiger partial charge >= 0.3 is 0 Å². The first-order chi connectivity index (χ1) is 6.77. The van der Waals surface area contributed by atoms with Gasteiger partial charge in [0.15, 0.2) is 0 Å². The van der Waals surface area contributed by atoms with Crippen molar-refractivity contribution in [2.24, 2.45) is 5.92 Å². The van der Waals surface area contributed by atoms with Gasteiger partial charge in [-0.3, -0.25) is 0 Å². The van der Waals surface area contributed by atoms with Crippen molar-refractivity contribution in [2.75, 3.05) is 13.2 Å². The lowest BCUT2D eigenvalue weighted by Gasteiger charge is -2.25. The van der Waals surface area contributed by atoms with Gasteiger partial charge in [-0.25, -0.2) is 4.98 Å². The number of aliphatic hydroxyl groups excluding tert-OH is 1. The fourth-order valence-electron chi connectivity index (χ4n) is 1.64. The third-order valence-electron chi connectivity index (χ3n) is 2.46. The fraction of sp³-hybridized carbons (Fsp3) is 0.667. The van der Waals surface area contributed by atoms with Crippen molar-refractivity contribution in [3.63, 3.8) is 0 Å². The van der Waals surface area contributed by atoms with E-state index in [9.17, 15) is 5.11 Å². The summed E-state index contributed by atoms with van der Waals surface area (Å²) in [6.45, 7) is 1.47. The molecule has 0 aliphatic carbocycles. The molecule has 1 N–H and O–H groups in total. The van der Waals surface area contributed by atoms with Crippen LogP contribution in [-0.2, 0) is 4.74 Å². The van der Waals surface area contributed by atoms with Crippen molar-refractivity contribution in [3.05, 3.63) is 15.5 Å². The molecule has 1 aliphatic rings. The fourth-order valence-corrected chi connectivity index (χ4v) is 2.65. The first-order valence-corrected chi connectivity index (χ1v) is 5.84. The predicted octanol–water partition coefficient (Wildman–Crippen LogP) is 2.26. The monoisotopic (exact) mass is 233 g/mol. The molecule has 1 unspecified atom stereocenters. The van der Waals surface area contributed by atoms with Gasteiger partial charge in [0.1, 0.15) is 15.4 Å². The summed E-state index contributed by atoms with van der Waals surface area (Å²) in [5, 5.41) is 10.7. The van der Waals surface area contributed by atoms with E-state index >= 15 is 0 Å². The number of hydrogen-bond acceptors (Lipinski definition) is 4. The standard InChI is InChI=1S/C9H12ClNO2S/c10-7-5-11-9(14-7)8(12)6-1-3-13-4-2-6/h5-6,8,12H,1-4H2. The first kappa shape index (κ1) is 10.4. The topological polar surface area (TPSA) is 42.4 Å². The summed E-state index contributed by atoms with van der Waals surface area (Å²) in [5.74, 6) is 0.269. The number of aromatic nitrogens is 1. The van der Waals surface area contributed by atoms with Crippen LogP contribution in [0.2, 0.25) is 4.34 Å². The third-order valence-corrected chi connectivity index (χ3v) is 3.65. The highest BCUT2D eigenvalue weighted by atomic mass is 35.5. The van der Waals surface area contributed by atoms with Gasteiger partial charge in [0.25, 0.3) is 0 Å². The average molecular weight is 234 g/mol. The molecule has 0 amide bonds. The van der Waals surface area contributed by atoms with Crippen LogP contribution in [0.4, 0.5) is 0 Å². The minimum Gasteiger partial charge on any atom is -0.386 e. The molecule has 3 nitrogen and oxygen atoms in total. The van der Waals surface area contributed by atoms with E-state index in [0.29, 0.717) is 4.34 Å². The summed E-state index contributed by atoms with van der Waals surface area (Å²) in [4.78, 5) is 4.09. The van der Waals surface area contributed by atoms with Crippen molar-refractivity contribution in [1.82, 2.24) is 4.98 Å². The number of aliphatic hydroxyl groups is 1. The minimum absolute atomic E-state index is 0.269. The van der Waals surface area contributed by atoms with E-state index in [1.807, 2.05) is 0 Å². The summed E-state index contributed by atoms with van der Waals surface area (Å²) in [6.07, 6.45) is 2.91. The van der Waals surface area contributed by atoms with Crippen molar-refractivity contribution in [1.29, 1.82) is 0 Å². The molecule has 2 heterocycles. The lowest BCUT2D eigenvalue weighted by molar-refractivity contribution is 0.00711. The molecular formula is C9H12ClNO2S. The molecule has 0 saturated carbocycles. The molecule has 1 aliphatic heterocycles. The van der Waals surface area contributed by atoms with Crippen molar-refractivity contribution in [2.45, 2.75) is 18.9 Å². The van der Waals surface area contributed by atoms with Gasteiger partial charge < -0.3 is 9.84 Å². The van der Waals surface area contributed by atoms with E-state index in [0.717, 1.165) is 31.1 Å². The number of rotatable bonds is 2. The Morgan fingerprint density at radius 1 is 1.57 bits per heavy atom. The molecule has 0 bridgehead atoms. The molecular weight excluding hydrogens is 222 g/mol. The summed E-state index contributed by atoms with van der Waals surface area (Å²) in [5.41, 5.74) is 0. The molecule has 1 atom stereocenters. The smallest absolute Gasteiger partial charge is 0.123 e. The van der Waals surface area contributed by atoms with E-state index < -0.39 is 6.10 Å². The van der Waals surface area contributed by atoms with Crippen LogP contribution in [0.15, 0.2) is 6.20 Å². The number of halogens is 1. The van der Waals surface area contributed by atoms with Crippen LogP contribution in [0.25, 0.3) is 0 Å². The van der Waals surface area contributed by atoms with Crippen LogP contribution in [-0.4, -0.2) is 23.3 Å². The Kier molecular flexibility index (Phi) is 3.38. The summed E-state index contributed by atoms with van der Waals surface area (Å²) in [6, 6.07) is 0. The maximum atomic E-state index is 9.99. The van der Waals surface area contributed by atoms with Gasteiger partial charge in [-0.05, 0) is 18.8 Å². The third kappa shape index (κ3) is 2.25. The molecule has 5 heteroatoms. The van der Waals surface area contributed by atoms with Crippen LogP contribution in [0.3, 0.4) is 0 Å². The van der Waals surface area contributed by atoms with E-state index in [-0.39, 0.29) is 5.92 Å². The maximum absolute atomic E-state index is 9.99. The highest BCUT2D eigenvalue weighted by Crippen LogP contribution is 2.33. The molecule has 0 radical (unpaired) electrons.